The van der Waals surface area contributed by atoms with Crippen molar-refractivity contribution in [3.63, 3.8) is 0 Å². The summed E-state index contributed by atoms with van der Waals surface area (Å²) in [7, 11) is -3.13. The molecule has 0 amide bonds. The van der Waals surface area contributed by atoms with Crippen molar-refractivity contribution in [1.29, 1.82) is 0 Å². The first kappa shape index (κ1) is 10.2. The third kappa shape index (κ3) is 2.51. The normalized spacial score (nSPS) is 12.0. The fourth-order valence-corrected chi connectivity index (χ4v) is 1.57. The van der Waals surface area contributed by atoms with Crippen molar-refractivity contribution in [2.75, 3.05) is 6.26 Å². The van der Waals surface area contributed by atoms with Crippen molar-refractivity contribution in [1.82, 2.24) is 0 Å². The standard InChI is InChI=1S/C8H12N2O2S/c1-13(11,12)7-4-2-6(3-5-7)8(9)10/h2-5,8H,9-10H2,1H3. The van der Waals surface area contributed by atoms with Crippen LogP contribution in [0.15, 0.2) is 29.2 Å². The third-order valence-electron chi connectivity index (χ3n) is 1.69. The summed E-state index contributed by atoms with van der Waals surface area (Å²) in [6, 6.07) is 6.22. The molecule has 0 heterocycles. The lowest BCUT2D eigenvalue weighted by molar-refractivity contribution is 0.601. The Bertz CT molecular complexity index is 381. The fourth-order valence-electron chi connectivity index (χ4n) is 0.937. The molecular formula is C8H12N2O2S. The van der Waals surface area contributed by atoms with E-state index >= 15 is 0 Å². The van der Waals surface area contributed by atoms with Crippen molar-refractivity contribution in [2.24, 2.45) is 11.5 Å². The van der Waals surface area contributed by atoms with Gasteiger partial charge in [-0.05, 0) is 17.7 Å². The molecular weight excluding hydrogens is 188 g/mol. The minimum atomic E-state index is -3.13. The molecule has 0 spiro atoms. The van der Waals surface area contributed by atoms with E-state index in [4.69, 9.17) is 11.5 Å². The average molecular weight is 200 g/mol. The first-order chi connectivity index (χ1) is 5.91. The van der Waals surface area contributed by atoms with E-state index < -0.39 is 16.0 Å². The summed E-state index contributed by atoms with van der Waals surface area (Å²) in [5.41, 5.74) is 11.5. The predicted molar refractivity (Wildman–Crippen MR) is 50.7 cm³/mol. The van der Waals surface area contributed by atoms with Gasteiger partial charge in [-0.1, -0.05) is 12.1 Å². The highest BCUT2D eigenvalue weighted by Gasteiger charge is 2.06. The molecule has 4 nitrogen and oxygen atoms in total. The fraction of sp³-hybridized carbons (Fsp3) is 0.250. The molecule has 0 aliphatic rings. The highest BCUT2D eigenvalue weighted by molar-refractivity contribution is 7.90. The van der Waals surface area contributed by atoms with E-state index in [0.717, 1.165) is 6.26 Å². The Hall–Kier alpha value is -0.910. The average Bonchev–Trinajstić information content (AvgIpc) is 2.03. The zero-order valence-corrected chi connectivity index (χ0v) is 8.08. The maximum absolute atomic E-state index is 11.1. The maximum Gasteiger partial charge on any atom is 0.175 e. The maximum atomic E-state index is 11.1. The van der Waals surface area contributed by atoms with Crippen molar-refractivity contribution in [3.05, 3.63) is 29.8 Å². The van der Waals surface area contributed by atoms with E-state index in [1.54, 1.807) is 12.1 Å². The van der Waals surface area contributed by atoms with Gasteiger partial charge in [0.1, 0.15) is 0 Å². The quantitative estimate of drug-likeness (QED) is 0.658. The number of hydrogen-bond acceptors (Lipinski definition) is 4. The molecule has 1 aromatic rings. The van der Waals surface area contributed by atoms with Crippen molar-refractivity contribution < 1.29 is 8.42 Å². The molecule has 0 atom stereocenters. The molecule has 0 aliphatic carbocycles. The van der Waals surface area contributed by atoms with E-state index in [-0.39, 0.29) is 4.90 Å². The molecule has 13 heavy (non-hydrogen) atoms. The second-order valence-electron chi connectivity index (χ2n) is 2.87. The Morgan fingerprint density at radius 2 is 1.62 bits per heavy atom. The van der Waals surface area contributed by atoms with Crippen LogP contribution < -0.4 is 11.5 Å². The second-order valence-corrected chi connectivity index (χ2v) is 4.88. The van der Waals surface area contributed by atoms with Gasteiger partial charge in [0.2, 0.25) is 0 Å². The summed E-state index contributed by atoms with van der Waals surface area (Å²) in [4.78, 5) is 0.275. The van der Waals surface area contributed by atoms with Gasteiger partial charge in [-0.15, -0.1) is 0 Å². The first-order valence-electron chi connectivity index (χ1n) is 3.72. The number of rotatable bonds is 2. The molecule has 0 fully saturated rings. The summed E-state index contributed by atoms with van der Waals surface area (Å²) in [6.07, 6.45) is 0.596. The molecule has 1 rings (SSSR count). The van der Waals surface area contributed by atoms with Crippen LogP contribution in [0.4, 0.5) is 0 Å². The number of nitrogens with two attached hydrogens (primary N) is 2. The molecule has 0 unspecified atom stereocenters. The summed E-state index contributed by atoms with van der Waals surface area (Å²) in [5, 5.41) is 0. The number of sulfone groups is 1. The van der Waals surface area contributed by atoms with Gasteiger partial charge in [0.25, 0.3) is 0 Å². The van der Waals surface area contributed by atoms with Crippen molar-refractivity contribution in [3.8, 4) is 0 Å². The van der Waals surface area contributed by atoms with E-state index in [0.29, 0.717) is 5.56 Å². The minimum Gasteiger partial charge on any atom is -0.312 e. The summed E-state index contributed by atoms with van der Waals surface area (Å²) in [6.45, 7) is 0. The second kappa shape index (κ2) is 3.45. The zero-order valence-electron chi connectivity index (χ0n) is 7.27. The number of hydrogen-bond donors (Lipinski definition) is 2. The highest BCUT2D eigenvalue weighted by Crippen LogP contribution is 2.12. The highest BCUT2D eigenvalue weighted by atomic mass is 32.2. The van der Waals surface area contributed by atoms with Crippen molar-refractivity contribution >= 4 is 9.84 Å². The molecule has 0 bridgehead atoms. The van der Waals surface area contributed by atoms with Crippen LogP contribution >= 0.6 is 0 Å². The Morgan fingerprint density at radius 3 is 1.92 bits per heavy atom. The van der Waals surface area contributed by atoms with E-state index in [1.165, 1.54) is 12.1 Å². The Labute approximate surface area is 77.5 Å². The van der Waals surface area contributed by atoms with Gasteiger partial charge < -0.3 is 11.5 Å². The van der Waals surface area contributed by atoms with Crippen LogP contribution in [0.1, 0.15) is 11.7 Å². The third-order valence-corrected chi connectivity index (χ3v) is 2.82. The van der Waals surface area contributed by atoms with Crippen LogP contribution in [0.2, 0.25) is 0 Å². The zero-order chi connectivity index (χ0) is 10.1. The monoisotopic (exact) mass is 200 g/mol. The topological polar surface area (TPSA) is 86.2 Å². The van der Waals surface area contributed by atoms with E-state index in [2.05, 4.69) is 0 Å². The van der Waals surface area contributed by atoms with Crippen LogP contribution in [-0.4, -0.2) is 14.7 Å². The Kier molecular flexibility index (Phi) is 2.70. The molecule has 0 saturated heterocycles. The molecule has 72 valence electrons. The van der Waals surface area contributed by atoms with E-state index in [1.807, 2.05) is 0 Å². The minimum absolute atomic E-state index is 0.275. The lowest BCUT2D eigenvalue weighted by atomic mass is 10.2. The van der Waals surface area contributed by atoms with Gasteiger partial charge in [0.15, 0.2) is 9.84 Å². The predicted octanol–water partition coefficient (Wildman–Crippen LogP) is 0.00610. The van der Waals surface area contributed by atoms with Gasteiger partial charge >= 0.3 is 0 Å². The molecule has 0 aliphatic heterocycles. The van der Waals surface area contributed by atoms with Crippen molar-refractivity contribution in [2.45, 2.75) is 11.1 Å². The molecule has 4 N–H and O–H groups in total. The van der Waals surface area contributed by atoms with Crippen LogP contribution in [0.3, 0.4) is 0 Å². The van der Waals surface area contributed by atoms with E-state index in [9.17, 15) is 8.42 Å². The van der Waals surface area contributed by atoms with Crippen LogP contribution in [0, 0.1) is 0 Å². The van der Waals surface area contributed by atoms with Gasteiger partial charge in [0.05, 0.1) is 11.1 Å². The lowest BCUT2D eigenvalue weighted by Gasteiger charge is -2.05. The SMILES string of the molecule is CS(=O)(=O)c1ccc(C(N)N)cc1. The van der Waals surface area contributed by atoms with Crippen LogP contribution in [0.5, 0.6) is 0 Å². The molecule has 0 radical (unpaired) electrons. The molecule has 5 heteroatoms. The first-order valence-corrected chi connectivity index (χ1v) is 5.61. The number of benzene rings is 1. The lowest BCUT2D eigenvalue weighted by Crippen LogP contribution is -2.19. The summed E-state index contributed by atoms with van der Waals surface area (Å²) < 4.78 is 22.1. The van der Waals surface area contributed by atoms with Gasteiger partial charge in [0, 0.05) is 6.26 Å². The molecule has 0 saturated carbocycles. The Balaban J connectivity index is 3.08. The van der Waals surface area contributed by atoms with Crippen LogP contribution in [-0.2, 0) is 9.84 Å². The summed E-state index contributed by atoms with van der Waals surface area (Å²) in [5.74, 6) is 0. The van der Waals surface area contributed by atoms with Gasteiger partial charge in [-0.3, -0.25) is 0 Å². The summed E-state index contributed by atoms with van der Waals surface area (Å²) >= 11 is 0. The van der Waals surface area contributed by atoms with Gasteiger partial charge in [-0.25, -0.2) is 8.42 Å². The van der Waals surface area contributed by atoms with Gasteiger partial charge in [-0.2, -0.15) is 0 Å². The van der Waals surface area contributed by atoms with Crippen LogP contribution in [0.25, 0.3) is 0 Å². The largest absolute Gasteiger partial charge is 0.312 e. The molecule has 1 aromatic carbocycles. The molecule has 0 aromatic heterocycles. The Morgan fingerprint density at radius 1 is 1.15 bits per heavy atom. The smallest absolute Gasteiger partial charge is 0.175 e.